The minimum atomic E-state index is 0.284. The van der Waals surface area contributed by atoms with E-state index in [4.69, 9.17) is 21.1 Å². The number of nitrogens with zero attached hydrogens (tertiary/aromatic N) is 5. The van der Waals surface area contributed by atoms with Crippen molar-refractivity contribution in [2.45, 2.75) is 31.7 Å². The van der Waals surface area contributed by atoms with E-state index in [1.165, 1.54) is 12.0 Å². The van der Waals surface area contributed by atoms with Crippen LogP contribution >= 0.6 is 11.6 Å². The molecule has 0 aliphatic carbocycles. The minimum absolute atomic E-state index is 0.284. The molecule has 2 aliphatic heterocycles. The first-order valence-electron chi connectivity index (χ1n) is 9.66. The van der Waals surface area contributed by atoms with Gasteiger partial charge < -0.3 is 14.4 Å². The number of rotatable bonds is 5. The molecular weight excluding hydrogens is 378 g/mol. The Labute approximate surface area is 168 Å². The summed E-state index contributed by atoms with van der Waals surface area (Å²) in [5, 5.41) is 4.85. The standard InChI is InChI=1S/C20H22ClN5O2/c1-25-8-3-6-15(25)12-28-20-23-18(21)19-22-11-16(26(19)24-20)10-14-5-2-4-13-7-9-27-17(13)14/h2,4-5,11,15H,3,6-10,12H2,1H3/t15-/m0/s1. The van der Waals surface area contributed by atoms with Crippen LogP contribution in [0.4, 0.5) is 0 Å². The number of fused-ring (bicyclic) bond motifs is 2. The Morgan fingerprint density at radius 3 is 3.14 bits per heavy atom. The third-order valence-corrected chi connectivity index (χ3v) is 5.87. The Morgan fingerprint density at radius 2 is 2.29 bits per heavy atom. The molecule has 1 saturated heterocycles. The molecule has 1 aromatic carbocycles. The van der Waals surface area contributed by atoms with E-state index < -0.39 is 0 Å². The van der Waals surface area contributed by atoms with Crippen LogP contribution in [0, 0.1) is 0 Å². The van der Waals surface area contributed by atoms with Crippen molar-refractivity contribution in [3.05, 3.63) is 46.4 Å². The number of hydrogen-bond acceptors (Lipinski definition) is 6. The number of para-hydroxylation sites is 1. The summed E-state index contributed by atoms with van der Waals surface area (Å²) < 4.78 is 13.4. The van der Waals surface area contributed by atoms with Crippen molar-refractivity contribution in [2.75, 3.05) is 26.8 Å². The molecular formula is C20H22ClN5O2. The fourth-order valence-electron chi connectivity index (χ4n) is 4.04. The van der Waals surface area contributed by atoms with E-state index in [1.807, 2.05) is 0 Å². The second-order valence-corrected chi connectivity index (χ2v) is 7.80. The first-order valence-corrected chi connectivity index (χ1v) is 10.0. The van der Waals surface area contributed by atoms with E-state index in [0.717, 1.165) is 43.0 Å². The molecule has 0 N–H and O–H groups in total. The molecule has 7 nitrogen and oxygen atoms in total. The Kier molecular flexibility index (Phi) is 4.56. The molecule has 2 aromatic heterocycles. The maximum atomic E-state index is 6.35. The second kappa shape index (κ2) is 7.22. The number of imidazole rings is 1. The van der Waals surface area contributed by atoms with Crippen molar-refractivity contribution in [2.24, 2.45) is 0 Å². The fraction of sp³-hybridized carbons (Fsp3) is 0.450. The Morgan fingerprint density at radius 1 is 1.36 bits per heavy atom. The number of likely N-dealkylation sites (tertiary alicyclic amines) is 1. The lowest BCUT2D eigenvalue weighted by Crippen LogP contribution is -2.31. The van der Waals surface area contributed by atoms with Crippen LogP contribution < -0.4 is 9.47 Å². The molecule has 28 heavy (non-hydrogen) atoms. The Balaban J connectivity index is 1.42. The monoisotopic (exact) mass is 399 g/mol. The molecule has 146 valence electrons. The molecule has 1 fully saturated rings. The molecule has 3 aromatic rings. The molecule has 5 rings (SSSR count). The molecule has 0 spiro atoms. The normalized spacial score (nSPS) is 19.1. The van der Waals surface area contributed by atoms with Gasteiger partial charge in [0.25, 0.3) is 0 Å². The van der Waals surface area contributed by atoms with Gasteiger partial charge in [0.15, 0.2) is 10.8 Å². The van der Waals surface area contributed by atoms with Crippen LogP contribution in [0.15, 0.2) is 24.4 Å². The molecule has 4 heterocycles. The van der Waals surface area contributed by atoms with Gasteiger partial charge in [-0.25, -0.2) is 9.50 Å². The van der Waals surface area contributed by atoms with Gasteiger partial charge in [0, 0.05) is 24.4 Å². The van der Waals surface area contributed by atoms with Gasteiger partial charge in [0.05, 0.1) is 18.5 Å². The van der Waals surface area contributed by atoms with Crippen molar-refractivity contribution in [1.82, 2.24) is 24.5 Å². The average Bonchev–Trinajstić information content (AvgIpc) is 3.41. The quantitative estimate of drug-likeness (QED) is 0.657. The largest absolute Gasteiger partial charge is 0.493 e. The number of halogens is 1. The first kappa shape index (κ1) is 17.7. The highest BCUT2D eigenvalue weighted by Gasteiger charge is 2.23. The van der Waals surface area contributed by atoms with E-state index >= 15 is 0 Å². The van der Waals surface area contributed by atoms with Crippen LogP contribution in [0.25, 0.3) is 5.65 Å². The fourth-order valence-corrected chi connectivity index (χ4v) is 4.24. The number of aromatic nitrogens is 4. The van der Waals surface area contributed by atoms with Gasteiger partial charge in [-0.05, 0) is 32.0 Å². The lowest BCUT2D eigenvalue weighted by Gasteiger charge is -2.18. The van der Waals surface area contributed by atoms with Crippen LogP contribution in [0.1, 0.15) is 29.7 Å². The summed E-state index contributed by atoms with van der Waals surface area (Å²) in [6, 6.07) is 6.95. The molecule has 0 saturated carbocycles. The molecule has 8 heteroatoms. The smallest absolute Gasteiger partial charge is 0.335 e. The third kappa shape index (κ3) is 3.18. The lowest BCUT2D eigenvalue weighted by molar-refractivity contribution is 0.185. The topological polar surface area (TPSA) is 64.8 Å². The summed E-state index contributed by atoms with van der Waals surface area (Å²) in [6.07, 6.45) is 5.72. The molecule has 0 amide bonds. The van der Waals surface area contributed by atoms with Gasteiger partial charge in [0.2, 0.25) is 0 Å². The van der Waals surface area contributed by atoms with E-state index in [9.17, 15) is 0 Å². The molecule has 0 unspecified atom stereocenters. The van der Waals surface area contributed by atoms with Gasteiger partial charge in [-0.15, -0.1) is 5.10 Å². The van der Waals surface area contributed by atoms with Gasteiger partial charge in [0.1, 0.15) is 12.4 Å². The molecule has 0 bridgehead atoms. The van der Waals surface area contributed by atoms with E-state index in [-0.39, 0.29) is 6.01 Å². The van der Waals surface area contributed by atoms with Crippen molar-refractivity contribution >= 4 is 17.2 Å². The lowest BCUT2D eigenvalue weighted by atomic mass is 10.0. The number of hydrogen-bond donors (Lipinski definition) is 0. The summed E-state index contributed by atoms with van der Waals surface area (Å²) in [5.74, 6) is 0.985. The van der Waals surface area contributed by atoms with Crippen LogP contribution in [-0.4, -0.2) is 57.3 Å². The van der Waals surface area contributed by atoms with Gasteiger partial charge in [-0.2, -0.15) is 4.98 Å². The minimum Gasteiger partial charge on any atom is -0.493 e. The highest BCUT2D eigenvalue weighted by Crippen LogP contribution is 2.31. The zero-order valence-electron chi connectivity index (χ0n) is 15.8. The highest BCUT2D eigenvalue weighted by atomic mass is 35.5. The van der Waals surface area contributed by atoms with Gasteiger partial charge >= 0.3 is 6.01 Å². The summed E-state index contributed by atoms with van der Waals surface area (Å²) >= 11 is 6.35. The van der Waals surface area contributed by atoms with Gasteiger partial charge in [-0.1, -0.05) is 29.8 Å². The van der Waals surface area contributed by atoms with Crippen LogP contribution in [0.3, 0.4) is 0 Å². The summed E-state index contributed by atoms with van der Waals surface area (Å²) in [5.41, 5.74) is 3.84. The van der Waals surface area contributed by atoms with Crippen molar-refractivity contribution in [3.63, 3.8) is 0 Å². The zero-order chi connectivity index (χ0) is 19.1. The van der Waals surface area contributed by atoms with Crippen LogP contribution in [0.2, 0.25) is 5.15 Å². The first-order chi connectivity index (χ1) is 13.7. The number of benzene rings is 1. The molecule has 1 atom stereocenters. The van der Waals surface area contributed by atoms with Gasteiger partial charge in [-0.3, -0.25) is 0 Å². The van der Waals surface area contributed by atoms with Crippen LogP contribution in [-0.2, 0) is 12.8 Å². The third-order valence-electron chi connectivity index (χ3n) is 5.62. The molecule has 2 aliphatic rings. The summed E-state index contributed by atoms with van der Waals surface area (Å²) in [7, 11) is 2.12. The predicted molar refractivity (Wildman–Crippen MR) is 105 cm³/mol. The molecule has 0 radical (unpaired) electrons. The average molecular weight is 400 g/mol. The van der Waals surface area contributed by atoms with E-state index in [2.05, 4.69) is 45.2 Å². The number of ether oxygens (including phenoxy) is 2. The predicted octanol–water partition coefficient (Wildman–Crippen LogP) is 2.78. The van der Waals surface area contributed by atoms with Crippen LogP contribution in [0.5, 0.6) is 11.8 Å². The maximum Gasteiger partial charge on any atom is 0.335 e. The number of likely N-dealkylation sites (N-methyl/N-ethyl adjacent to an activating group) is 1. The zero-order valence-corrected chi connectivity index (χ0v) is 16.5. The Bertz CT molecular complexity index is 1020. The van der Waals surface area contributed by atoms with Crippen molar-refractivity contribution in [1.29, 1.82) is 0 Å². The highest BCUT2D eigenvalue weighted by molar-refractivity contribution is 6.32. The summed E-state index contributed by atoms with van der Waals surface area (Å²) in [4.78, 5) is 11.0. The SMILES string of the molecule is CN1CCC[C@H]1COc1nc(Cl)c2ncc(Cc3cccc4c3OCC4)n2n1. The Hall–Kier alpha value is -2.38. The van der Waals surface area contributed by atoms with E-state index in [0.29, 0.717) is 29.9 Å². The van der Waals surface area contributed by atoms with E-state index in [1.54, 1.807) is 10.7 Å². The second-order valence-electron chi connectivity index (χ2n) is 7.44. The summed E-state index contributed by atoms with van der Waals surface area (Å²) in [6.45, 7) is 2.40. The van der Waals surface area contributed by atoms with Crippen molar-refractivity contribution in [3.8, 4) is 11.8 Å². The van der Waals surface area contributed by atoms with Crippen molar-refractivity contribution < 1.29 is 9.47 Å². The maximum absolute atomic E-state index is 6.35.